The first kappa shape index (κ1) is 17.8. The van der Waals surface area contributed by atoms with Gasteiger partial charge in [-0.15, -0.1) is 0 Å². The Morgan fingerprint density at radius 2 is 1.76 bits per heavy atom. The molecule has 1 fully saturated rings. The maximum absolute atomic E-state index is 13.2. The second-order valence-electron chi connectivity index (χ2n) is 7.26. The van der Waals surface area contributed by atoms with Crippen LogP contribution in [0.1, 0.15) is 5.69 Å². The first-order chi connectivity index (χ1) is 14.3. The maximum Gasteiger partial charge on any atom is 0.276 e. The molecule has 6 heteroatoms. The molecule has 3 heterocycles. The van der Waals surface area contributed by atoms with Crippen LogP contribution in [0.4, 0.5) is 5.69 Å². The van der Waals surface area contributed by atoms with Crippen LogP contribution in [-0.4, -0.2) is 41.1 Å². The fourth-order valence-corrected chi connectivity index (χ4v) is 3.91. The van der Waals surface area contributed by atoms with Gasteiger partial charge < -0.3 is 9.64 Å². The Morgan fingerprint density at radius 3 is 2.66 bits per heavy atom. The number of aryl methyl sites for hydroxylation is 2. The number of pyridine rings is 1. The number of anilines is 1. The molecule has 2 aromatic heterocycles. The van der Waals surface area contributed by atoms with E-state index in [1.165, 1.54) is 0 Å². The molecule has 146 valence electrons. The van der Waals surface area contributed by atoms with Gasteiger partial charge in [0.05, 0.1) is 42.5 Å². The highest BCUT2D eigenvalue weighted by molar-refractivity contribution is 5.93. The fourth-order valence-electron chi connectivity index (χ4n) is 3.91. The Kier molecular flexibility index (Phi) is 4.69. The minimum absolute atomic E-state index is 0.0506. The summed E-state index contributed by atoms with van der Waals surface area (Å²) in [6, 6.07) is 18.1. The smallest absolute Gasteiger partial charge is 0.276 e. The van der Waals surface area contributed by atoms with Gasteiger partial charge in [-0.25, -0.2) is 4.68 Å². The molecular formula is C23H22N4O2. The molecule has 29 heavy (non-hydrogen) atoms. The molecule has 0 spiro atoms. The molecule has 0 bridgehead atoms. The van der Waals surface area contributed by atoms with E-state index in [1.807, 2.05) is 42.5 Å². The lowest BCUT2D eigenvalue weighted by Gasteiger charge is -2.29. The van der Waals surface area contributed by atoms with Crippen LogP contribution in [0, 0.1) is 0 Å². The van der Waals surface area contributed by atoms with Crippen molar-refractivity contribution in [3.8, 4) is 0 Å². The van der Waals surface area contributed by atoms with E-state index >= 15 is 0 Å². The van der Waals surface area contributed by atoms with E-state index in [-0.39, 0.29) is 5.56 Å². The lowest BCUT2D eigenvalue weighted by atomic mass is 10.1. The minimum Gasteiger partial charge on any atom is -0.378 e. The summed E-state index contributed by atoms with van der Waals surface area (Å²) >= 11 is 0. The summed E-state index contributed by atoms with van der Waals surface area (Å²) in [6.45, 7) is 3.45. The molecule has 0 unspecified atom stereocenters. The predicted molar refractivity (Wildman–Crippen MR) is 114 cm³/mol. The van der Waals surface area contributed by atoms with E-state index in [0.717, 1.165) is 46.1 Å². The van der Waals surface area contributed by atoms with Gasteiger partial charge in [0.15, 0.2) is 0 Å². The van der Waals surface area contributed by atoms with Crippen molar-refractivity contribution in [1.82, 2.24) is 14.8 Å². The van der Waals surface area contributed by atoms with E-state index in [1.54, 1.807) is 10.9 Å². The minimum atomic E-state index is -0.0506. The summed E-state index contributed by atoms with van der Waals surface area (Å²) in [7, 11) is 0. The zero-order valence-corrected chi connectivity index (χ0v) is 16.1. The standard InChI is InChI=1S/C23H22N4O2/c28-23-22-18(5-3-7-21(22)26-12-14-29-15-13-26)16-24-27(23)11-10-19-9-8-17-4-1-2-6-20(17)25-19/h1-9,16H,10-15H2. The fraction of sp³-hybridized carbons (Fsp3) is 0.261. The van der Waals surface area contributed by atoms with Gasteiger partial charge in [-0.05, 0) is 18.2 Å². The van der Waals surface area contributed by atoms with Crippen LogP contribution in [0.2, 0.25) is 0 Å². The largest absolute Gasteiger partial charge is 0.378 e. The number of hydrogen-bond donors (Lipinski definition) is 0. The highest BCUT2D eigenvalue weighted by atomic mass is 16.5. The number of morpholine rings is 1. The van der Waals surface area contributed by atoms with Gasteiger partial charge in [-0.1, -0.05) is 36.4 Å². The van der Waals surface area contributed by atoms with Crippen LogP contribution in [0.3, 0.4) is 0 Å². The molecule has 4 aromatic rings. The normalized spacial score (nSPS) is 14.6. The first-order valence-corrected chi connectivity index (χ1v) is 9.96. The number of benzene rings is 2. The third-order valence-corrected chi connectivity index (χ3v) is 5.45. The van der Waals surface area contributed by atoms with Crippen molar-refractivity contribution in [2.75, 3.05) is 31.2 Å². The van der Waals surface area contributed by atoms with E-state index < -0.39 is 0 Å². The number of para-hydroxylation sites is 1. The van der Waals surface area contributed by atoms with Crippen LogP contribution in [0.25, 0.3) is 21.7 Å². The Balaban J connectivity index is 1.46. The molecule has 0 N–H and O–H groups in total. The highest BCUT2D eigenvalue weighted by Crippen LogP contribution is 2.24. The number of rotatable bonds is 4. The van der Waals surface area contributed by atoms with Gasteiger partial charge in [-0.3, -0.25) is 9.78 Å². The Morgan fingerprint density at radius 1 is 0.931 bits per heavy atom. The second-order valence-corrected chi connectivity index (χ2v) is 7.26. The van der Waals surface area contributed by atoms with Gasteiger partial charge in [-0.2, -0.15) is 5.10 Å². The number of aromatic nitrogens is 3. The average Bonchev–Trinajstić information content (AvgIpc) is 2.79. The van der Waals surface area contributed by atoms with E-state index in [4.69, 9.17) is 9.72 Å². The monoisotopic (exact) mass is 386 g/mol. The summed E-state index contributed by atoms with van der Waals surface area (Å²) in [5.74, 6) is 0. The summed E-state index contributed by atoms with van der Waals surface area (Å²) in [5.41, 5.74) is 2.85. The Bertz CT molecular complexity index is 1230. The van der Waals surface area contributed by atoms with Crippen molar-refractivity contribution < 1.29 is 4.74 Å². The van der Waals surface area contributed by atoms with Crippen LogP contribution < -0.4 is 10.5 Å². The van der Waals surface area contributed by atoms with E-state index in [0.29, 0.717) is 26.2 Å². The van der Waals surface area contributed by atoms with Gasteiger partial charge in [0.25, 0.3) is 5.56 Å². The summed E-state index contributed by atoms with van der Waals surface area (Å²) < 4.78 is 7.02. The van der Waals surface area contributed by atoms with Gasteiger partial charge in [0, 0.05) is 36.0 Å². The lowest BCUT2D eigenvalue weighted by molar-refractivity contribution is 0.123. The van der Waals surface area contributed by atoms with E-state index in [2.05, 4.69) is 22.1 Å². The molecule has 0 aliphatic carbocycles. The second kappa shape index (κ2) is 7.64. The third-order valence-electron chi connectivity index (χ3n) is 5.45. The van der Waals surface area contributed by atoms with Crippen molar-refractivity contribution in [2.45, 2.75) is 13.0 Å². The molecule has 0 amide bonds. The van der Waals surface area contributed by atoms with Crippen molar-refractivity contribution >= 4 is 27.4 Å². The topological polar surface area (TPSA) is 60.3 Å². The molecule has 0 atom stereocenters. The quantitative estimate of drug-likeness (QED) is 0.540. The Hall–Kier alpha value is -3.25. The highest BCUT2D eigenvalue weighted by Gasteiger charge is 2.17. The molecule has 2 aromatic carbocycles. The molecule has 0 saturated carbocycles. The maximum atomic E-state index is 13.2. The van der Waals surface area contributed by atoms with Crippen LogP contribution in [0.5, 0.6) is 0 Å². The predicted octanol–water partition coefficient (Wildman–Crippen LogP) is 3.02. The Labute approximate surface area is 168 Å². The van der Waals surface area contributed by atoms with Gasteiger partial charge in [0.2, 0.25) is 0 Å². The molecule has 5 rings (SSSR count). The summed E-state index contributed by atoms with van der Waals surface area (Å²) in [6.07, 6.45) is 2.44. The van der Waals surface area contributed by atoms with Gasteiger partial charge >= 0.3 is 0 Å². The van der Waals surface area contributed by atoms with Crippen LogP contribution >= 0.6 is 0 Å². The van der Waals surface area contributed by atoms with Crippen molar-refractivity contribution in [3.63, 3.8) is 0 Å². The number of fused-ring (bicyclic) bond motifs is 2. The van der Waals surface area contributed by atoms with Crippen molar-refractivity contribution in [2.24, 2.45) is 0 Å². The molecule has 1 aliphatic rings. The van der Waals surface area contributed by atoms with Crippen molar-refractivity contribution in [1.29, 1.82) is 0 Å². The van der Waals surface area contributed by atoms with Crippen molar-refractivity contribution in [3.05, 3.63) is 76.8 Å². The lowest BCUT2D eigenvalue weighted by Crippen LogP contribution is -2.37. The molecule has 0 radical (unpaired) electrons. The molecule has 6 nitrogen and oxygen atoms in total. The molecule has 1 aliphatic heterocycles. The van der Waals surface area contributed by atoms with Gasteiger partial charge in [0.1, 0.15) is 0 Å². The molecule has 1 saturated heterocycles. The van der Waals surface area contributed by atoms with E-state index in [9.17, 15) is 4.79 Å². The summed E-state index contributed by atoms with van der Waals surface area (Å²) in [5, 5.41) is 7.13. The number of ether oxygens (including phenoxy) is 1. The van der Waals surface area contributed by atoms with Crippen LogP contribution in [0.15, 0.2) is 65.6 Å². The SMILES string of the molecule is O=c1c2c(N3CCOCC3)cccc2cnn1CCc1ccc2ccccc2n1. The summed E-state index contributed by atoms with van der Waals surface area (Å²) in [4.78, 5) is 20.2. The average molecular weight is 386 g/mol. The molecular weight excluding hydrogens is 364 g/mol. The number of nitrogens with zero attached hydrogens (tertiary/aromatic N) is 4. The number of hydrogen-bond acceptors (Lipinski definition) is 5. The zero-order chi connectivity index (χ0) is 19.6. The third kappa shape index (κ3) is 3.47. The zero-order valence-electron chi connectivity index (χ0n) is 16.1. The van der Waals surface area contributed by atoms with Crippen LogP contribution in [-0.2, 0) is 17.7 Å². The first-order valence-electron chi connectivity index (χ1n) is 9.96.